The minimum absolute atomic E-state index is 0. The Labute approximate surface area is 146 Å². The van der Waals surface area contributed by atoms with Crippen LogP contribution >= 0.6 is 24.0 Å². The van der Waals surface area contributed by atoms with Crippen molar-refractivity contribution in [3.8, 4) is 0 Å². The van der Waals surface area contributed by atoms with E-state index in [2.05, 4.69) is 0 Å². The van der Waals surface area contributed by atoms with Crippen LogP contribution in [0.25, 0.3) is 0 Å². The molecule has 0 fully saturated rings. The largest absolute Gasteiger partial charge is 0.748 e. The fourth-order valence-electron chi connectivity index (χ4n) is 1.33. The van der Waals surface area contributed by atoms with Gasteiger partial charge in [0, 0.05) is 53.3 Å². The van der Waals surface area contributed by atoms with Crippen LogP contribution in [0.4, 0.5) is 5.69 Å². The summed E-state index contributed by atoms with van der Waals surface area (Å²) in [7, 11) is -4.17. The zero-order valence-corrected chi connectivity index (χ0v) is 15.4. The van der Waals surface area contributed by atoms with Crippen LogP contribution in [0, 0.1) is 0 Å². The van der Waals surface area contributed by atoms with Crippen molar-refractivity contribution in [2.45, 2.75) is 6.92 Å². The van der Waals surface area contributed by atoms with Crippen molar-refractivity contribution in [1.82, 2.24) is 0 Å². The average molecular weight is 327 g/mol. The quantitative estimate of drug-likeness (QED) is 0.466. The van der Waals surface area contributed by atoms with E-state index in [0.29, 0.717) is 10.9 Å². The van der Waals surface area contributed by atoms with Gasteiger partial charge in [0.15, 0.2) is 0 Å². The van der Waals surface area contributed by atoms with E-state index < -0.39 is 15.9 Å². The molecule has 0 unspecified atom stereocenters. The molecule has 101 valence electrons. The number of nitrogens with zero attached hydrogens (tertiary/aromatic N) is 1. The molecule has 0 aliphatic rings. The molecule has 0 aromatic heterocycles. The van der Waals surface area contributed by atoms with Gasteiger partial charge in [0.1, 0.15) is 4.32 Å². The van der Waals surface area contributed by atoms with Gasteiger partial charge in [0.05, 0.1) is 10.1 Å². The molecule has 1 radical (unpaired) electrons. The molecule has 0 heterocycles. The maximum atomic E-state index is 10.5. The summed E-state index contributed by atoms with van der Waals surface area (Å²) in [5, 5.41) is 0. The van der Waals surface area contributed by atoms with Crippen LogP contribution in [0.2, 0.25) is 0 Å². The molecule has 0 saturated carbocycles. The van der Waals surface area contributed by atoms with Gasteiger partial charge in [-0.1, -0.05) is 42.2 Å². The molecule has 8 heteroatoms. The first kappa shape index (κ1) is 19.4. The summed E-state index contributed by atoms with van der Waals surface area (Å²) in [6.45, 7) is 2.66. The summed E-state index contributed by atoms with van der Waals surface area (Å²) in [6, 6.07) is 9.60. The third-order valence-electron chi connectivity index (χ3n) is 2.16. The second-order valence-corrected chi connectivity index (χ2v) is 6.71. The van der Waals surface area contributed by atoms with Gasteiger partial charge in [-0.2, -0.15) is 0 Å². The number of thioether (sulfide) groups is 1. The Morgan fingerprint density at radius 2 is 1.95 bits per heavy atom. The van der Waals surface area contributed by atoms with Crippen LogP contribution in [0.3, 0.4) is 0 Å². The van der Waals surface area contributed by atoms with Crippen molar-refractivity contribution < 1.29 is 13.0 Å². The molecule has 0 aliphatic carbocycles. The smallest absolute Gasteiger partial charge is 0.140 e. The third kappa shape index (κ3) is 7.65. The molecule has 0 atom stereocenters. The van der Waals surface area contributed by atoms with Crippen LogP contribution in [-0.2, 0) is 10.1 Å². The number of benzene rings is 1. The van der Waals surface area contributed by atoms with Gasteiger partial charge in [-0.05, 0) is 19.1 Å². The molecule has 1 rings (SSSR count). The summed E-state index contributed by atoms with van der Waals surface area (Å²) in [5.74, 6) is -0.210. The molecule has 0 saturated heterocycles. The monoisotopic (exact) mass is 327 g/mol. The Bertz CT molecular complexity index is 493. The molecule has 0 aliphatic heterocycles. The summed E-state index contributed by atoms with van der Waals surface area (Å²) in [6.07, 6.45) is 0. The van der Waals surface area contributed by atoms with Crippen molar-refractivity contribution in [3.63, 3.8) is 0 Å². The van der Waals surface area contributed by atoms with Gasteiger partial charge in [0.25, 0.3) is 0 Å². The van der Waals surface area contributed by atoms with Gasteiger partial charge in [0.2, 0.25) is 0 Å². The fourth-order valence-corrected chi connectivity index (χ4v) is 3.53. The van der Waals surface area contributed by atoms with E-state index in [1.54, 1.807) is 0 Å². The minimum Gasteiger partial charge on any atom is -0.748 e. The maximum Gasteiger partial charge on any atom is 0.140 e. The van der Waals surface area contributed by atoms with Gasteiger partial charge < -0.3 is 9.45 Å². The summed E-state index contributed by atoms with van der Waals surface area (Å²) in [5.41, 5.74) is 0.961. The number of para-hydroxylation sites is 1. The topological polar surface area (TPSA) is 60.4 Å². The molecule has 0 spiro atoms. The van der Waals surface area contributed by atoms with E-state index >= 15 is 0 Å². The Balaban J connectivity index is 0.00000324. The van der Waals surface area contributed by atoms with Crippen molar-refractivity contribution in [2.24, 2.45) is 0 Å². The zero-order chi connectivity index (χ0) is 13.6. The second-order valence-electron chi connectivity index (χ2n) is 3.46. The SMILES string of the molecule is CCN(C(=S)SCCS(=O)(=O)[O-])c1ccccc1.[Na]. The van der Waals surface area contributed by atoms with E-state index in [1.807, 2.05) is 42.2 Å². The minimum atomic E-state index is -4.17. The molecular formula is C11H14NNaO3S3-. The van der Waals surface area contributed by atoms with Gasteiger partial charge in [-0.25, -0.2) is 8.42 Å². The number of rotatable bonds is 5. The molecular weight excluding hydrogens is 313 g/mol. The van der Waals surface area contributed by atoms with Crippen LogP contribution in [-0.4, -0.2) is 64.9 Å². The summed E-state index contributed by atoms with van der Waals surface area (Å²) >= 11 is 6.45. The van der Waals surface area contributed by atoms with Gasteiger partial charge >= 0.3 is 0 Å². The molecule has 0 N–H and O–H groups in total. The predicted molar refractivity (Wildman–Crippen MR) is 84.8 cm³/mol. The van der Waals surface area contributed by atoms with E-state index in [-0.39, 0.29) is 35.3 Å². The maximum absolute atomic E-state index is 10.5. The molecule has 19 heavy (non-hydrogen) atoms. The number of hydrogen-bond donors (Lipinski definition) is 0. The Hall–Kier alpha value is 0.370. The standard InChI is InChI=1S/C11H15NO3S3.Na/c1-2-12(10-6-4-3-5-7-10)11(16)17-8-9-18(13,14)15;/h3-7H,2,8-9H2,1H3,(H,13,14,15);/p-1. The Morgan fingerprint density at radius 3 is 2.42 bits per heavy atom. The Kier molecular flexibility index (Phi) is 9.51. The van der Waals surface area contributed by atoms with E-state index in [0.717, 1.165) is 5.69 Å². The van der Waals surface area contributed by atoms with Crippen molar-refractivity contribution in [3.05, 3.63) is 30.3 Å². The molecule has 1 aromatic rings. The van der Waals surface area contributed by atoms with Crippen molar-refractivity contribution in [1.29, 1.82) is 0 Å². The normalized spacial score (nSPS) is 10.6. The third-order valence-corrected chi connectivity index (χ3v) is 4.58. The Morgan fingerprint density at radius 1 is 1.37 bits per heavy atom. The summed E-state index contributed by atoms with van der Waals surface area (Å²) in [4.78, 5) is 1.90. The van der Waals surface area contributed by atoms with Crippen LogP contribution in [0.15, 0.2) is 30.3 Å². The molecule has 0 bridgehead atoms. The van der Waals surface area contributed by atoms with Crippen LogP contribution in [0.5, 0.6) is 0 Å². The first-order valence-electron chi connectivity index (χ1n) is 5.37. The van der Waals surface area contributed by atoms with E-state index in [4.69, 9.17) is 12.2 Å². The molecule has 4 nitrogen and oxygen atoms in total. The van der Waals surface area contributed by atoms with Gasteiger partial charge in [-0.3, -0.25) is 0 Å². The number of thiocarbonyl (C=S) groups is 1. The number of hydrogen-bond acceptors (Lipinski definition) is 5. The fraction of sp³-hybridized carbons (Fsp3) is 0.364. The van der Waals surface area contributed by atoms with E-state index in [9.17, 15) is 13.0 Å². The molecule has 0 amide bonds. The van der Waals surface area contributed by atoms with Crippen LogP contribution < -0.4 is 4.90 Å². The van der Waals surface area contributed by atoms with Crippen molar-refractivity contribution >= 4 is 73.7 Å². The number of anilines is 1. The predicted octanol–water partition coefficient (Wildman–Crippen LogP) is 1.70. The summed E-state index contributed by atoms with van der Waals surface area (Å²) < 4.78 is 32.1. The molecule has 1 aromatic carbocycles. The van der Waals surface area contributed by atoms with E-state index in [1.165, 1.54) is 11.8 Å². The first-order chi connectivity index (χ1) is 8.44. The average Bonchev–Trinajstić information content (AvgIpc) is 2.29. The second kappa shape index (κ2) is 9.33. The van der Waals surface area contributed by atoms with Crippen molar-refractivity contribution in [2.75, 3.05) is 23.0 Å². The van der Waals surface area contributed by atoms with Crippen LogP contribution in [0.1, 0.15) is 6.92 Å². The van der Waals surface area contributed by atoms with Gasteiger partial charge in [-0.15, -0.1) is 0 Å². The zero-order valence-electron chi connectivity index (χ0n) is 10.9. The first-order valence-corrected chi connectivity index (χ1v) is 8.34.